The molecule has 0 radical (unpaired) electrons. The summed E-state index contributed by atoms with van der Waals surface area (Å²) < 4.78 is 10.6. The summed E-state index contributed by atoms with van der Waals surface area (Å²) in [4.78, 5) is 23.3. The summed E-state index contributed by atoms with van der Waals surface area (Å²) in [5.74, 6) is 2.82. The summed E-state index contributed by atoms with van der Waals surface area (Å²) in [5, 5.41) is 6.04. The topological polar surface area (TPSA) is 88.6 Å². The van der Waals surface area contributed by atoms with E-state index in [-0.39, 0.29) is 12.7 Å². The number of nitrogens with zero attached hydrogens (tertiary/aromatic N) is 3. The molecule has 1 saturated heterocycles. The first-order valence-electron chi connectivity index (χ1n) is 9.87. The van der Waals surface area contributed by atoms with Crippen LogP contribution < -0.4 is 25.0 Å². The number of nitrogens with one attached hydrogen (secondary N) is 2. The van der Waals surface area contributed by atoms with E-state index in [2.05, 4.69) is 25.5 Å². The van der Waals surface area contributed by atoms with Gasteiger partial charge < -0.3 is 25.0 Å². The Balaban J connectivity index is 1.23. The third-order valence-corrected chi connectivity index (χ3v) is 4.80. The van der Waals surface area contributed by atoms with Gasteiger partial charge in [-0.15, -0.1) is 0 Å². The molecule has 4 rings (SSSR count). The Morgan fingerprint density at radius 2 is 1.97 bits per heavy atom. The van der Waals surface area contributed by atoms with Crippen molar-refractivity contribution >= 4 is 23.7 Å². The van der Waals surface area contributed by atoms with E-state index >= 15 is 0 Å². The standard InChI is InChI=1S/C21H25N5O3/c1-15-12-19(26-10-2-3-11-26)25-21(24-15)23-9-8-22-20(27)7-5-16-4-6-17-18(13-16)29-14-28-17/h4-7,12-13H,2-3,8-11,14H2,1H3,(H,22,27)(H,23,24,25)/b7-5+. The lowest BCUT2D eigenvalue weighted by Crippen LogP contribution is -2.27. The Morgan fingerprint density at radius 1 is 1.14 bits per heavy atom. The first kappa shape index (κ1) is 19.0. The van der Waals surface area contributed by atoms with Gasteiger partial charge in [-0.1, -0.05) is 6.07 Å². The highest BCUT2D eigenvalue weighted by molar-refractivity contribution is 5.91. The van der Waals surface area contributed by atoms with Crippen molar-refractivity contribution < 1.29 is 14.3 Å². The minimum atomic E-state index is -0.160. The minimum Gasteiger partial charge on any atom is -0.454 e. The van der Waals surface area contributed by atoms with Crippen LogP contribution in [0, 0.1) is 6.92 Å². The number of carbonyl (C=O) groups is 1. The van der Waals surface area contributed by atoms with Gasteiger partial charge in [-0.2, -0.15) is 4.98 Å². The molecule has 2 N–H and O–H groups in total. The van der Waals surface area contributed by atoms with Crippen LogP contribution in [0.4, 0.5) is 11.8 Å². The number of hydrogen-bond acceptors (Lipinski definition) is 7. The number of fused-ring (bicyclic) bond motifs is 1. The van der Waals surface area contributed by atoms with Crippen LogP contribution in [0.25, 0.3) is 6.08 Å². The van der Waals surface area contributed by atoms with E-state index in [4.69, 9.17) is 9.47 Å². The molecule has 0 spiro atoms. The minimum absolute atomic E-state index is 0.160. The number of benzene rings is 1. The second kappa shape index (κ2) is 8.81. The molecular formula is C21H25N5O3. The van der Waals surface area contributed by atoms with Crippen molar-refractivity contribution in [1.29, 1.82) is 0 Å². The van der Waals surface area contributed by atoms with Gasteiger partial charge in [0, 0.05) is 44.0 Å². The Kier molecular flexibility index (Phi) is 5.79. The second-order valence-corrected chi connectivity index (χ2v) is 7.05. The van der Waals surface area contributed by atoms with Gasteiger partial charge in [0.1, 0.15) is 5.82 Å². The predicted octanol–water partition coefficient (Wildman–Crippen LogP) is 2.36. The molecule has 0 atom stereocenters. The Morgan fingerprint density at radius 3 is 2.83 bits per heavy atom. The van der Waals surface area contributed by atoms with Crippen LogP contribution >= 0.6 is 0 Å². The molecule has 152 valence electrons. The Bertz CT molecular complexity index is 909. The molecule has 1 fully saturated rings. The molecule has 1 amide bonds. The number of anilines is 2. The quantitative estimate of drug-likeness (QED) is 0.550. The highest BCUT2D eigenvalue weighted by Gasteiger charge is 2.15. The van der Waals surface area contributed by atoms with Gasteiger partial charge in [0.15, 0.2) is 11.5 Å². The summed E-state index contributed by atoms with van der Waals surface area (Å²) in [5.41, 5.74) is 1.81. The van der Waals surface area contributed by atoms with E-state index < -0.39 is 0 Å². The van der Waals surface area contributed by atoms with E-state index in [1.54, 1.807) is 6.08 Å². The highest BCUT2D eigenvalue weighted by Crippen LogP contribution is 2.32. The summed E-state index contributed by atoms with van der Waals surface area (Å²) in [6, 6.07) is 7.58. The van der Waals surface area contributed by atoms with Crippen molar-refractivity contribution in [3.8, 4) is 11.5 Å². The monoisotopic (exact) mass is 395 g/mol. The normalized spacial score (nSPS) is 15.1. The third kappa shape index (κ3) is 4.96. The van der Waals surface area contributed by atoms with Gasteiger partial charge in [-0.25, -0.2) is 4.98 Å². The van der Waals surface area contributed by atoms with Crippen LogP contribution in [0.1, 0.15) is 24.1 Å². The third-order valence-electron chi connectivity index (χ3n) is 4.80. The molecule has 1 aromatic heterocycles. The maximum atomic E-state index is 12.0. The lowest BCUT2D eigenvalue weighted by molar-refractivity contribution is -0.116. The van der Waals surface area contributed by atoms with Gasteiger partial charge >= 0.3 is 0 Å². The zero-order valence-corrected chi connectivity index (χ0v) is 16.5. The van der Waals surface area contributed by atoms with Crippen molar-refractivity contribution in [3.05, 3.63) is 41.6 Å². The SMILES string of the molecule is Cc1cc(N2CCCC2)nc(NCCNC(=O)/C=C/c2ccc3c(c2)OCO3)n1. The van der Waals surface area contributed by atoms with Crippen LogP contribution in [0.3, 0.4) is 0 Å². The van der Waals surface area contributed by atoms with Gasteiger partial charge in [-0.3, -0.25) is 4.79 Å². The van der Waals surface area contributed by atoms with Crippen LogP contribution in [-0.2, 0) is 4.79 Å². The number of ether oxygens (including phenoxy) is 2. The Hall–Kier alpha value is -3.29. The number of aryl methyl sites for hydroxylation is 1. The first-order valence-corrected chi connectivity index (χ1v) is 9.87. The van der Waals surface area contributed by atoms with Gasteiger partial charge in [0.25, 0.3) is 0 Å². The molecule has 2 aliphatic rings. The maximum absolute atomic E-state index is 12.0. The van der Waals surface area contributed by atoms with E-state index in [0.29, 0.717) is 24.8 Å². The molecule has 0 unspecified atom stereocenters. The van der Waals surface area contributed by atoms with E-state index in [1.807, 2.05) is 31.2 Å². The zero-order valence-electron chi connectivity index (χ0n) is 16.5. The van der Waals surface area contributed by atoms with Gasteiger partial charge in [0.05, 0.1) is 0 Å². The second-order valence-electron chi connectivity index (χ2n) is 7.05. The summed E-state index contributed by atoms with van der Waals surface area (Å²) in [6.45, 7) is 5.31. The molecule has 2 aromatic rings. The number of aromatic nitrogens is 2. The number of carbonyl (C=O) groups excluding carboxylic acids is 1. The van der Waals surface area contributed by atoms with E-state index in [9.17, 15) is 4.79 Å². The number of amides is 1. The van der Waals surface area contributed by atoms with E-state index in [0.717, 1.165) is 35.9 Å². The molecule has 0 aliphatic carbocycles. The summed E-state index contributed by atoms with van der Waals surface area (Å²) in [7, 11) is 0. The predicted molar refractivity (Wildman–Crippen MR) is 111 cm³/mol. The van der Waals surface area contributed by atoms with Gasteiger partial charge in [-0.05, 0) is 43.5 Å². The molecule has 8 nitrogen and oxygen atoms in total. The first-order chi connectivity index (χ1) is 14.2. The molecule has 3 heterocycles. The molecular weight excluding hydrogens is 370 g/mol. The molecule has 29 heavy (non-hydrogen) atoms. The van der Waals surface area contributed by atoms with Crippen LogP contribution in [0.15, 0.2) is 30.3 Å². The van der Waals surface area contributed by atoms with Crippen molar-refractivity contribution in [2.45, 2.75) is 19.8 Å². The smallest absolute Gasteiger partial charge is 0.244 e. The lowest BCUT2D eigenvalue weighted by atomic mass is 10.2. The fraction of sp³-hybridized carbons (Fsp3) is 0.381. The van der Waals surface area contributed by atoms with E-state index in [1.165, 1.54) is 18.9 Å². The maximum Gasteiger partial charge on any atom is 0.244 e. The fourth-order valence-corrected chi connectivity index (χ4v) is 3.35. The van der Waals surface area contributed by atoms with Crippen molar-refractivity contribution in [2.75, 3.05) is 43.2 Å². The van der Waals surface area contributed by atoms with Crippen LogP contribution in [0.2, 0.25) is 0 Å². The van der Waals surface area contributed by atoms with Gasteiger partial charge in [0.2, 0.25) is 18.6 Å². The summed E-state index contributed by atoms with van der Waals surface area (Å²) >= 11 is 0. The number of rotatable bonds is 7. The molecule has 1 aromatic carbocycles. The molecule has 2 aliphatic heterocycles. The molecule has 8 heteroatoms. The molecule has 0 bridgehead atoms. The average molecular weight is 395 g/mol. The zero-order chi connectivity index (χ0) is 20.1. The summed E-state index contributed by atoms with van der Waals surface area (Å²) in [6.07, 6.45) is 5.66. The number of hydrogen-bond donors (Lipinski definition) is 2. The van der Waals surface area contributed by atoms with Crippen molar-refractivity contribution in [3.63, 3.8) is 0 Å². The Labute approximate surface area is 169 Å². The lowest BCUT2D eigenvalue weighted by Gasteiger charge is -2.17. The largest absolute Gasteiger partial charge is 0.454 e. The van der Waals surface area contributed by atoms with Crippen LogP contribution in [-0.4, -0.2) is 48.8 Å². The van der Waals surface area contributed by atoms with Crippen molar-refractivity contribution in [2.24, 2.45) is 0 Å². The fourth-order valence-electron chi connectivity index (χ4n) is 3.35. The molecule has 0 saturated carbocycles. The van der Waals surface area contributed by atoms with Crippen LogP contribution in [0.5, 0.6) is 11.5 Å². The van der Waals surface area contributed by atoms with Crippen molar-refractivity contribution in [1.82, 2.24) is 15.3 Å². The average Bonchev–Trinajstić information content (AvgIpc) is 3.40. The highest BCUT2D eigenvalue weighted by atomic mass is 16.7.